The zero-order chi connectivity index (χ0) is 35.0. The number of nitrogens with one attached hydrogen (secondary N) is 4. The normalized spacial score (nSPS) is 17.3. The second-order valence-corrected chi connectivity index (χ2v) is 11.2. The van der Waals surface area contributed by atoms with Gasteiger partial charge in [0.2, 0.25) is 29.5 Å². The summed E-state index contributed by atoms with van der Waals surface area (Å²) in [5.74, 6) is -4.65. The molecule has 0 aromatic heterocycles. The van der Waals surface area contributed by atoms with E-state index in [4.69, 9.17) is 28.7 Å². The number of hydrogen-bond donors (Lipinski definition) is 11. The highest BCUT2D eigenvalue weighted by Gasteiger charge is 2.39. The maximum atomic E-state index is 13.7. The molecule has 0 aliphatic carbocycles. The SMILES string of the molecule is C[C@H](NC(=O)[C@@H](N)CS)C(=O)N[C@@H](CCCN=C(N)N)C(=O)N1CCC[C@H]1C(=O)N[C@@H](C)C(=O)N[C@@H](CCCN=C(N)N)C(=O)O. The Hall–Kier alpha value is -4.33. The van der Waals surface area contributed by atoms with Gasteiger partial charge in [-0.15, -0.1) is 0 Å². The van der Waals surface area contributed by atoms with Gasteiger partial charge in [0.1, 0.15) is 30.2 Å². The Morgan fingerprint density at radius 1 is 0.826 bits per heavy atom. The third-order valence-corrected chi connectivity index (χ3v) is 7.39. The van der Waals surface area contributed by atoms with E-state index in [1.54, 1.807) is 0 Å². The molecular weight excluding hydrogens is 624 g/mol. The van der Waals surface area contributed by atoms with E-state index in [1.165, 1.54) is 18.7 Å². The number of rotatable bonds is 19. The second-order valence-electron chi connectivity index (χ2n) is 10.8. The first-order chi connectivity index (χ1) is 21.6. The molecule has 1 aliphatic rings. The number of carboxylic acid groups (broad SMARTS) is 1. The molecule has 0 bridgehead atoms. The lowest BCUT2D eigenvalue weighted by Crippen LogP contribution is -2.58. The molecule has 0 aromatic rings. The summed E-state index contributed by atoms with van der Waals surface area (Å²) >= 11 is 3.97. The maximum absolute atomic E-state index is 13.7. The molecule has 19 nitrogen and oxygen atoms in total. The summed E-state index contributed by atoms with van der Waals surface area (Å²) in [5.41, 5.74) is 26.9. The van der Waals surface area contributed by atoms with Crippen LogP contribution in [0, 0.1) is 0 Å². The Balaban J connectivity index is 2.95. The number of carboxylic acids is 1. The number of hydrogen-bond acceptors (Lipinski definition) is 10. The molecular formula is C26H48N12O7S. The predicted molar refractivity (Wildman–Crippen MR) is 173 cm³/mol. The van der Waals surface area contributed by atoms with E-state index in [0.717, 1.165) is 0 Å². The zero-order valence-corrected chi connectivity index (χ0v) is 27.0. The molecule has 1 saturated heterocycles. The summed E-state index contributed by atoms with van der Waals surface area (Å²) in [7, 11) is 0. The van der Waals surface area contributed by atoms with Crippen LogP contribution in [0.3, 0.4) is 0 Å². The fourth-order valence-corrected chi connectivity index (χ4v) is 4.63. The third kappa shape index (κ3) is 13.8. The van der Waals surface area contributed by atoms with Crippen molar-refractivity contribution in [1.82, 2.24) is 26.2 Å². The van der Waals surface area contributed by atoms with E-state index in [9.17, 15) is 33.9 Å². The van der Waals surface area contributed by atoms with Crippen molar-refractivity contribution in [2.75, 3.05) is 25.4 Å². The average Bonchev–Trinajstić information content (AvgIpc) is 3.48. The number of guanidine groups is 2. The van der Waals surface area contributed by atoms with Gasteiger partial charge in [0.15, 0.2) is 11.9 Å². The summed E-state index contributed by atoms with van der Waals surface area (Å²) in [5, 5.41) is 19.5. The summed E-state index contributed by atoms with van der Waals surface area (Å²) < 4.78 is 0. The minimum Gasteiger partial charge on any atom is -0.480 e. The van der Waals surface area contributed by atoms with Gasteiger partial charge in [-0.05, 0) is 52.4 Å². The van der Waals surface area contributed by atoms with Crippen LogP contribution in [-0.2, 0) is 28.8 Å². The van der Waals surface area contributed by atoms with Crippen LogP contribution in [-0.4, -0.2) is 119 Å². The quantitative estimate of drug-likeness (QED) is 0.0267. The second kappa shape index (κ2) is 19.9. The smallest absolute Gasteiger partial charge is 0.326 e. The van der Waals surface area contributed by atoms with Gasteiger partial charge in [0.25, 0.3) is 0 Å². The Morgan fingerprint density at radius 3 is 1.83 bits per heavy atom. The van der Waals surface area contributed by atoms with E-state index >= 15 is 0 Å². The van der Waals surface area contributed by atoms with Crippen LogP contribution in [0.15, 0.2) is 9.98 Å². The number of aliphatic carboxylic acids is 1. The first-order valence-corrected chi connectivity index (χ1v) is 15.4. The standard InChI is InChI=1S/C26H48N12O7S/c1-13(34-21(41)15(27)12-46)19(39)36-16(6-3-9-32-25(28)29)23(43)38-11-5-8-18(38)22(42)35-14(2)20(40)37-17(24(44)45)7-4-10-33-26(30)31/h13-18,46H,3-12,27H2,1-2H3,(H,34,41)(H,35,42)(H,36,39)(H,37,40)(H,44,45)(H4,28,29,32)(H4,30,31,33)/t13-,14-,15-,16-,17-,18-/m0/s1. The number of carbonyl (C=O) groups is 6. The van der Waals surface area contributed by atoms with E-state index in [0.29, 0.717) is 12.8 Å². The van der Waals surface area contributed by atoms with Crippen LogP contribution in [0.2, 0.25) is 0 Å². The lowest BCUT2D eigenvalue weighted by Gasteiger charge is -2.30. The van der Waals surface area contributed by atoms with Crippen molar-refractivity contribution in [3.63, 3.8) is 0 Å². The van der Waals surface area contributed by atoms with Crippen molar-refractivity contribution in [1.29, 1.82) is 0 Å². The van der Waals surface area contributed by atoms with E-state index in [1.807, 2.05) is 0 Å². The van der Waals surface area contributed by atoms with Gasteiger partial charge in [0, 0.05) is 25.4 Å². The van der Waals surface area contributed by atoms with Crippen molar-refractivity contribution < 1.29 is 33.9 Å². The summed E-state index contributed by atoms with van der Waals surface area (Å²) in [6, 6.07) is -6.40. The Kier molecular flexibility index (Phi) is 17.2. The highest BCUT2D eigenvalue weighted by atomic mass is 32.1. The van der Waals surface area contributed by atoms with E-state index in [-0.39, 0.29) is 63.0 Å². The number of likely N-dealkylation sites (tertiary alicyclic amines) is 1. The molecule has 0 aromatic carbocycles. The molecule has 0 spiro atoms. The fraction of sp³-hybridized carbons (Fsp3) is 0.692. The molecule has 0 saturated carbocycles. The Morgan fingerprint density at radius 2 is 1.33 bits per heavy atom. The van der Waals surface area contributed by atoms with Crippen LogP contribution in [0.1, 0.15) is 52.4 Å². The minimum absolute atomic E-state index is 0.0456. The summed E-state index contributed by atoms with van der Waals surface area (Å²) in [6.07, 6.45) is 1.51. The van der Waals surface area contributed by atoms with Gasteiger partial charge in [0.05, 0.1) is 6.04 Å². The van der Waals surface area contributed by atoms with Gasteiger partial charge >= 0.3 is 5.97 Å². The minimum atomic E-state index is -1.27. The van der Waals surface area contributed by atoms with Crippen molar-refractivity contribution in [3.05, 3.63) is 0 Å². The molecule has 1 fully saturated rings. The summed E-state index contributed by atoms with van der Waals surface area (Å²) in [6.45, 7) is 3.36. The predicted octanol–water partition coefficient (Wildman–Crippen LogP) is -4.59. The molecule has 0 radical (unpaired) electrons. The maximum Gasteiger partial charge on any atom is 0.326 e. The van der Waals surface area contributed by atoms with Gasteiger partial charge in [-0.25, -0.2) is 4.79 Å². The molecule has 1 rings (SSSR count). The molecule has 15 N–H and O–H groups in total. The monoisotopic (exact) mass is 672 g/mol. The number of amides is 5. The largest absolute Gasteiger partial charge is 0.480 e. The van der Waals surface area contributed by atoms with Crippen LogP contribution in [0.25, 0.3) is 0 Å². The molecule has 1 heterocycles. The Bertz CT molecular complexity index is 1150. The lowest BCUT2D eigenvalue weighted by molar-refractivity contribution is -0.143. The number of aliphatic imine (C=N–C) groups is 2. The van der Waals surface area contributed by atoms with E-state index < -0.39 is 71.8 Å². The van der Waals surface area contributed by atoms with Gasteiger partial charge in [-0.1, -0.05) is 0 Å². The first kappa shape index (κ1) is 39.7. The van der Waals surface area contributed by atoms with Crippen molar-refractivity contribution in [2.45, 2.75) is 88.6 Å². The molecule has 260 valence electrons. The van der Waals surface area contributed by atoms with Crippen LogP contribution < -0.4 is 49.9 Å². The van der Waals surface area contributed by atoms with Crippen molar-refractivity contribution >= 4 is 60.1 Å². The number of nitrogens with two attached hydrogens (primary N) is 5. The number of carbonyl (C=O) groups excluding carboxylic acids is 5. The fourth-order valence-electron chi connectivity index (χ4n) is 4.46. The molecule has 1 aliphatic heterocycles. The highest BCUT2D eigenvalue weighted by molar-refractivity contribution is 7.80. The highest BCUT2D eigenvalue weighted by Crippen LogP contribution is 2.20. The molecule has 0 unspecified atom stereocenters. The lowest BCUT2D eigenvalue weighted by atomic mass is 10.1. The van der Waals surface area contributed by atoms with Crippen LogP contribution in [0.5, 0.6) is 0 Å². The topological polar surface area (TPSA) is 329 Å². The number of thiol groups is 1. The zero-order valence-electron chi connectivity index (χ0n) is 26.1. The van der Waals surface area contributed by atoms with Crippen molar-refractivity contribution in [2.24, 2.45) is 38.7 Å². The molecule has 5 amide bonds. The molecule has 6 atom stereocenters. The Labute approximate surface area is 272 Å². The van der Waals surface area contributed by atoms with Gasteiger partial charge < -0.3 is 59.9 Å². The third-order valence-electron chi connectivity index (χ3n) is 7.00. The van der Waals surface area contributed by atoms with E-state index in [2.05, 4.69) is 43.9 Å². The molecule has 46 heavy (non-hydrogen) atoms. The first-order valence-electron chi connectivity index (χ1n) is 14.8. The van der Waals surface area contributed by atoms with Crippen LogP contribution >= 0.6 is 12.6 Å². The van der Waals surface area contributed by atoms with Crippen molar-refractivity contribution in [3.8, 4) is 0 Å². The number of nitrogens with zero attached hydrogens (tertiary/aromatic N) is 3. The van der Waals surface area contributed by atoms with Gasteiger partial charge in [-0.2, -0.15) is 12.6 Å². The van der Waals surface area contributed by atoms with Gasteiger partial charge in [-0.3, -0.25) is 34.0 Å². The van der Waals surface area contributed by atoms with Crippen LogP contribution in [0.4, 0.5) is 0 Å². The summed E-state index contributed by atoms with van der Waals surface area (Å²) in [4.78, 5) is 85.3. The molecule has 20 heteroatoms. The average molecular weight is 673 g/mol.